The summed E-state index contributed by atoms with van der Waals surface area (Å²) < 4.78 is 5.71. The van der Waals surface area contributed by atoms with Crippen LogP contribution in [0.25, 0.3) is 6.08 Å². The molecule has 0 unspecified atom stereocenters. The molecule has 0 saturated heterocycles. The van der Waals surface area contributed by atoms with Gasteiger partial charge in [0, 0.05) is 29.6 Å². The van der Waals surface area contributed by atoms with Gasteiger partial charge in [0.1, 0.15) is 12.4 Å². The topological polar surface area (TPSA) is 80.3 Å². The van der Waals surface area contributed by atoms with Crippen LogP contribution >= 0.6 is 0 Å². The zero-order valence-electron chi connectivity index (χ0n) is 17.5. The van der Waals surface area contributed by atoms with E-state index >= 15 is 0 Å². The minimum absolute atomic E-state index is 0.0483. The predicted molar refractivity (Wildman–Crippen MR) is 123 cm³/mol. The molecular formula is C25H25N3O3. The highest BCUT2D eigenvalue weighted by molar-refractivity contribution is 6.02. The van der Waals surface area contributed by atoms with Crippen molar-refractivity contribution in [2.45, 2.75) is 20.5 Å². The summed E-state index contributed by atoms with van der Waals surface area (Å²) in [6.07, 6.45) is 4.93. The van der Waals surface area contributed by atoms with Gasteiger partial charge < -0.3 is 15.4 Å². The Kier molecular flexibility index (Phi) is 7.54. The minimum Gasteiger partial charge on any atom is -0.487 e. The summed E-state index contributed by atoms with van der Waals surface area (Å²) >= 11 is 0. The van der Waals surface area contributed by atoms with Gasteiger partial charge in [-0.3, -0.25) is 14.6 Å². The highest BCUT2D eigenvalue weighted by atomic mass is 16.5. The van der Waals surface area contributed by atoms with E-state index in [9.17, 15) is 9.59 Å². The van der Waals surface area contributed by atoms with Gasteiger partial charge in [-0.05, 0) is 60.2 Å². The second-order valence-electron chi connectivity index (χ2n) is 7.22. The lowest BCUT2D eigenvalue weighted by Crippen LogP contribution is -2.17. The predicted octanol–water partition coefficient (Wildman–Crippen LogP) is 4.91. The van der Waals surface area contributed by atoms with Crippen LogP contribution in [0.3, 0.4) is 0 Å². The molecule has 0 atom stereocenters. The van der Waals surface area contributed by atoms with Crippen molar-refractivity contribution in [3.63, 3.8) is 0 Å². The van der Waals surface area contributed by atoms with E-state index in [-0.39, 0.29) is 17.7 Å². The number of nitrogens with one attached hydrogen (secondary N) is 2. The first-order chi connectivity index (χ1) is 15.0. The summed E-state index contributed by atoms with van der Waals surface area (Å²) in [5, 5.41) is 5.61. The van der Waals surface area contributed by atoms with Crippen molar-refractivity contribution in [3.8, 4) is 5.75 Å². The van der Waals surface area contributed by atoms with Gasteiger partial charge in [0.2, 0.25) is 11.8 Å². The van der Waals surface area contributed by atoms with Crippen LogP contribution in [0.15, 0.2) is 79.0 Å². The van der Waals surface area contributed by atoms with Gasteiger partial charge >= 0.3 is 0 Å². The first kappa shape index (κ1) is 21.8. The number of benzene rings is 2. The van der Waals surface area contributed by atoms with Crippen LogP contribution in [0.4, 0.5) is 11.4 Å². The summed E-state index contributed by atoms with van der Waals surface area (Å²) in [5.74, 6) is 0.352. The van der Waals surface area contributed by atoms with E-state index in [0.717, 1.165) is 17.0 Å². The van der Waals surface area contributed by atoms with Crippen LogP contribution in [0, 0.1) is 5.92 Å². The van der Waals surface area contributed by atoms with Gasteiger partial charge in [-0.2, -0.15) is 0 Å². The molecule has 6 heteroatoms. The van der Waals surface area contributed by atoms with Gasteiger partial charge in [-0.15, -0.1) is 0 Å². The average molecular weight is 415 g/mol. The third kappa shape index (κ3) is 7.12. The van der Waals surface area contributed by atoms with E-state index in [1.54, 1.807) is 36.5 Å². The van der Waals surface area contributed by atoms with Gasteiger partial charge in [0.15, 0.2) is 0 Å². The molecule has 1 heterocycles. The van der Waals surface area contributed by atoms with Gasteiger partial charge in [0.25, 0.3) is 0 Å². The summed E-state index contributed by atoms with van der Waals surface area (Å²) in [6, 6.07) is 20.2. The zero-order valence-corrected chi connectivity index (χ0v) is 17.5. The fraction of sp³-hybridized carbons (Fsp3) is 0.160. The van der Waals surface area contributed by atoms with Crippen molar-refractivity contribution >= 4 is 29.3 Å². The zero-order chi connectivity index (χ0) is 22.1. The largest absolute Gasteiger partial charge is 0.487 e. The van der Waals surface area contributed by atoms with Crippen molar-refractivity contribution in [2.75, 3.05) is 10.6 Å². The number of nitrogens with zero attached hydrogens (tertiary/aromatic N) is 1. The molecule has 0 radical (unpaired) electrons. The fourth-order valence-corrected chi connectivity index (χ4v) is 2.60. The Labute approximate surface area is 182 Å². The number of ether oxygens (including phenoxy) is 1. The normalized spacial score (nSPS) is 10.8. The lowest BCUT2D eigenvalue weighted by Gasteiger charge is -2.08. The lowest BCUT2D eigenvalue weighted by molar-refractivity contribution is -0.119. The third-order valence-corrected chi connectivity index (χ3v) is 4.36. The standard InChI is InChI=1S/C25H25N3O3/c1-18(2)25(30)28-21-11-9-20(10-12-21)27-24(29)15-8-19-6-13-23(14-7-19)31-17-22-5-3-4-16-26-22/h3-16,18H,17H2,1-2H3,(H,27,29)(H,28,30)/b15-8+. The molecule has 0 aliphatic heterocycles. The molecule has 31 heavy (non-hydrogen) atoms. The van der Waals surface area contributed by atoms with Crippen LogP contribution < -0.4 is 15.4 Å². The Hall–Kier alpha value is -3.93. The molecule has 3 aromatic rings. The molecule has 1 aromatic heterocycles. The molecule has 3 rings (SSSR count). The summed E-state index contributed by atoms with van der Waals surface area (Å²) in [5.41, 5.74) is 3.08. The summed E-state index contributed by atoms with van der Waals surface area (Å²) in [4.78, 5) is 28.1. The van der Waals surface area contributed by atoms with E-state index in [0.29, 0.717) is 18.0 Å². The molecule has 0 aliphatic carbocycles. The van der Waals surface area contributed by atoms with E-state index < -0.39 is 0 Å². The SMILES string of the molecule is CC(C)C(=O)Nc1ccc(NC(=O)/C=C/c2ccc(OCc3ccccn3)cc2)cc1. The minimum atomic E-state index is -0.241. The number of anilines is 2. The van der Waals surface area contributed by atoms with Crippen molar-refractivity contribution in [3.05, 3.63) is 90.3 Å². The Bertz CT molecular complexity index is 1030. The highest BCUT2D eigenvalue weighted by Gasteiger charge is 2.07. The van der Waals surface area contributed by atoms with Crippen molar-refractivity contribution < 1.29 is 14.3 Å². The van der Waals surface area contributed by atoms with Gasteiger partial charge in [-0.25, -0.2) is 0 Å². The average Bonchev–Trinajstić information content (AvgIpc) is 2.79. The molecule has 0 bridgehead atoms. The number of aromatic nitrogens is 1. The third-order valence-electron chi connectivity index (χ3n) is 4.36. The first-order valence-electron chi connectivity index (χ1n) is 10.0. The lowest BCUT2D eigenvalue weighted by atomic mass is 10.2. The van der Waals surface area contributed by atoms with Crippen molar-refractivity contribution in [1.82, 2.24) is 4.98 Å². The maximum absolute atomic E-state index is 12.2. The molecule has 2 N–H and O–H groups in total. The molecule has 2 amide bonds. The molecular weight excluding hydrogens is 390 g/mol. The summed E-state index contributed by atoms with van der Waals surface area (Å²) in [7, 11) is 0. The van der Waals surface area contributed by atoms with Gasteiger partial charge in [0.05, 0.1) is 5.69 Å². The molecule has 0 aliphatic rings. The number of amides is 2. The molecule has 0 spiro atoms. The van der Waals surface area contributed by atoms with E-state index in [4.69, 9.17) is 4.74 Å². The molecule has 0 saturated carbocycles. The van der Waals surface area contributed by atoms with Gasteiger partial charge in [-0.1, -0.05) is 32.0 Å². The van der Waals surface area contributed by atoms with Crippen LogP contribution in [-0.4, -0.2) is 16.8 Å². The Morgan fingerprint density at radius 2 is 1.61 bits per heavy atom. The molecule has 0 fully saturated rings. The number of carbonyl (C=O) groups excluding carboxylic acids is 2. The van der Waals surface area contributed by atoms with Crippen LogP contribution in [0.5, 0.6) is 5.75 Å². The number of hydrogen-bond donors (Lipinski definition) is 2. The summed E-state index contributed by atoms with van der Waals surface area (Å²) in [6.45, 7) is 4.07. The second-order valence-corrected chi connectivity index (χ2v) is 7.22. The fourth-order valence-electron chi connectivity index (χ4n) is 2.60. The second kappa shape index (κ2) is 10.7. The maximum Gasteiger partial charge on any atom is 0.248 e. The molecule has 6 nitrogen and oxygen atoms in total. The molecule has 158 valence electrons. The number of carbonyl (C=O) groups is 2. The smallest absolute Gasteiger partial charge is 0.248 e. The maximum atomic E-state index is 12.2. The number of hydrogen-bond acceptors (Lipinski definition) is 4. The van der Waals surface area contributed by atoms with Crippen LogP contribution in [0.2, 0.25) is 0 Å². The van der Waals surface area contributed by atoms with Crippen molar-refractivity contribution in [1.29, 1.82) is 0 Å². The highest BCUT2D eigenvalue weighted by Crippen LogP contribution is 2.16. The van der Waals surface area contributed by atoms with E-state index in [2.05, 4.69) is 15.6 Å². The Balaban J connectivity index is 1.48. The van der Waals surface area contributed by atoms with E-state index in [1.165, 1.54) is 6.08 Å². The molecule has 2 aromatic carbocycles. The van der Waals surface area contributed by atoms with Crippen LogP contribution in [-0.2, 0) is 16.2 Å². The number of rotatable bonds is 8. The Morgan fingerprint density at radius 1 is 0.935 bits per heavy atom. The number of pyridine rings is 1. The first-order valence-corrected chi connectivity index (χ1v) is 10.0. The van der Waals surface area contributed by atoms with Crippen LogP contribution in [0.1, 0.15) is 25.1 Å². The van der Waals surface area contributed by atoms with E-state index in [1.807, 2.05) is 56.3 Å². The monoisotopic (exact) mass is 415 g/mol. The Morgan fingerprint density at radius 3 is 2.23 bits per heavy atom. The van der Waals surface area contributed by atoms with Crippen molar-refractivity contribution in [2.24, 2.45) is 5.92 Å². The quantitative estimate of drug-likeness (QED) is 0.513.